The quantitative estimate of drug-likeness (QED) is 0.405. The molecular formula is C8H13BrO2. The molecule has 11 heavy (non-hydrogen) atoms. The van der Waals surface area contributed by atoms with Crippen molar-refractivity contribution < 1.29 is 9.53 Å². The van der Waals surface area contributed by atoms with E-state index in [1.807, 2.05) is 0 Å². The van der Waals surface area contributed by atoms with Crippen molar-refractivity contribution in [3.63, 3.8) is 0 Å². The predicted molar refractivity (Wildman–Crippen MR) is 48.6 cm³/mol. The van der Waals surface area contributed by atoms with Crippen LogP contribution >= 0.6 is 15.9 Å². The van der Waals surface area contributed by atoms with E-state index >= 15 is 0 Å². The fourth-order valence-electron chi connectivity index (χ4n) is 0.595. The van der Waals surface area contributed by atoms with Crippen molar-refractivity contribution in [3.8, 4) is 0 Å². The van der Waals surface area contributed by atoms with Crippen LogP contribution < -0.4 is 0 Å². The summed E-state index contributed by atoms with van der Waals surface area (Å²) in [5, 5.41) is 0. The molecule has 0 aliphatic carbocycles. The second kappa shape index (κ2) is 6.40. The predicted octanol–water partition coefficient (Wildman–Crippen LogP) is 2.63. The molecule has 0 aromatic carbocycles. The number of unbranched alkanes of at least 4 members (excludes halogenated alkanes) is 2. The second-order valence-electron chi connectivity index (χ2n) is 2.25. The van der Waals surface area contributed by atoms with E-state index in [4.69, 9.17) is 4.74 Å². The van der Waals surface area contributed by atoms with Crippen molar-refractivity contribution in [2.45, 2.75) is 26.2 Å². The number of carbonyl (C=O) groups is 1. The molecule has 0 atom stereocenters. The zero-order valence-corrected chi connectivity index (χ0v) is 8.32. The van der Waals surface area contributed by atoms with Crippen LogP contribution in [0.1, 0.15) is 26.2 Å². The summed E-state index contributed by atoms with van der Waals surface area (Å²) in [5.74, 6) is -0.360. The van der Waals surface area contributed by atoms with Gasteiger partial charge < -0.3 is 4.74 Å². The lowest BCUT2D eigenvalue weighted by molar-refractivity contribution is -0.138. The van der Waals surface area contributed by atoms with Crippen LogP contribution in [-0.4, -0.2) is 12.6 Å². The Morgan fingerprint density at radius 1 is 1.55 bits per heavy atom. The van der Waals surface area contributed by atoms with Gasteiger partial charge in [-0.15, -0.1) is 0 Å². The molecule has 0 aliphatic rings. The molecule has 0 saturated carbocycles. The third kappa shape index (κ3) is 6.10. The Labute approximate surface area is 75.7 Å². The molecule has 0 amide bonds. The van der Waals surface area contributed by atoms with Crippen molar-refractivity contribution in [2.75, 3.05) is 6.61 Å². The summed E-state index contributed by atoms with van der Waals surface area (Å²) in [6, 6.07) is 0. The largest absolute Gasteiger partial charge is 0.462 e. The van der Waals surface area contributed by atoms with Crippen molar-refractivity contribution >= 4 is 21.9 Å². The molecule has 0 radical (unpaired) electrons. The summed E-state index contributed by atoms with van der Waals surface area (Å²) in [7, 11) is 0. The monoisotopic (exact) mass is 220 g/mol. The molecule has 0 saturated heterocycles. The average Bonchev–Trinajstić information content (AvgIpc) is 1.97. The molecule has 0 aromatic heterocycles. The van der Waals surface area contributed by atoms with E-state index in [2.05, 4.69) is 29.4 Å². The van der Waals surface area contributed by atoms with Crippen molar-refractivity contribution in [1.29, 1.82) is 0 Å². The van der Waals surface area contributed by atoms with E-state index in [-0.39, 0.29) is 10.5 Å². The smallest absolute Gasteiger partial charge is 0.344 e. The van der Waals surface area contributed by atoms with Gasteiger partial charge in [0, 0.05) is 0 Å². The number of esters is 1. The van der Waals surface area contributed by atoms with Gasteiger partial charge in [0.1, 0.15) is 0 Å². The molecular weight excluding hydrogens is 208 g/mol. The number of hydrogen-bond acceptors (Lipinski definition) is 2. The molecule has 3 heteroatoms. The highest BCUT2D eigenvalue weighted by Gasteiger charge is 2.02. The van der Waals surface area contributed by atoms with Crippen molar-refractivity contribution in [3.05, 3.63) is 11.1 Å². The fourth-order valence-corrected chi connectivity index (χ4v) is 0.710. The minimum Gasteiger partial charge on any atom is -0.462 e. The van der Waals surface area contributed by atoms with Gasteiger partial charge in [-0.3, -0.25) is 0 Å². The Hall–Kier alpha value is -0.310. The van der Waals surface area contributed by atoms with E-state index in [1.165, 1.54) is 0 Å². The summed E-state index contributed by atoms with van der Waals surface area (Å²) < 4.78 is 5.11. The zero-order chi connectivity index (χ0) is 8.69. The first-order valence-electron chi connectivity index (χ1n) is 3.70. The van der Waals surface area contributed by atoms with Crippen LogP contribution in [0.4, 0.5) is 0 Å². The highest BCUT2D eigenvalue weighted by atomic mass is 79.9. The molecule has 0 N–H and O–H groups in total. The van der Waals surface area contributed by atoms with E-state index in [0.717, 1.165) is 19.3 Å². The summed E-state index contributed by atoms with van der Waals surface area (Å²) in [4.78, 5) is 10.7. The van der Waals surface area contributed by atoms with E-state index in [9.17, 15) is 4.79 Å². The van der Waals surface area contributed by atoms with Gasteiger partial charge in [-0.25, -0.2) is 4.79 Å². The highest BCUT2D eigenvalue weighted by molar-refractivity contribution is 9.12. The van der Waals surface area contributed by atoms with Crippen LogP contribution in [0.3, 0.4) is 0 Å². The summed E-state index contributed by atoms with van der Waals surface area (Å²) >= 11 is 2.94. The fraction of sp³-hybridized carbons (Fsp3) is 0.625. The first kappa shape index (κ1) is 10.7. The number of halogens is 1. The SMILES string of the molecule is C=C(Br)C(=O)OCCCCC. The maximum absolute atomic E-state index is 10.7. The van der Waals surface area contributed by atoms with Crippen LogP contribution in [0.15, 0.2) is 11.1 Å². The van der Waals surface area contributed by atoms with E-state index in [1.54, 1.807) is 0 Å². The molecule has 0 aromatic rings. The Morgan fingerprint density at radius 3 is 2.64 bits per heavy atom. The van der Waals surface area contributed by atoms with Gasteiger partial charge in [0.15, 0.2) is 0 Å². The van der Waals surface area contributed by atoms with Gasteiger partial charge in [0.25, 0.3) is 0 Å². The van der Waals surface area contributed by atoms with Gasteiger partial charge in [-0.05, 0) is 22.4 Å². The Kier molecular flexibility index (Phi) is 6.22. The van der Waals surface area contributed by atoms with Crippen molar-refractivity contribution in [2.24, 2.45) is 0 Å². The molecule has 0 rings (SSSR count). The topological polar surface area (TPSA) is 26.3 Å². The molecule has 0 heterocycles. The number of rotatable bonds is 5. The van der Waals surface area contributed by atoms with Crippen LogP contribution in [0, 0.1) is 0 Å². The molecule has 0 fully saturated rings. The Morgan fingerprint density at radius 2 is 2.18 bits per heavy atom. The lowest BCUT2D eigenvalue weighted by Crippen LogP contribution is -2.04. The average molecular weight is 221 g/mol. The van der Waals surface area contributed by atoms with Crippen LogP contribution in [-0.2, 0) is 9.53 Å². The van der Waals surface area contributed by atoms with Crippen LogP contribution in [0.5, 0.6) is 0 Å². The third-order valence-corrected chi connectivity index (χ3v) is 1.53. The van der Waals surface area contributed by atoms with Crippen LogP contribution in [0.2, 0.25) is 0 Å². The number of ether oxygens (including phenoxy) is 1. The van der Waals surface area contributed by atoms with Crippen LogP contribution in [0.25, 0.3) is 0 Å². The minimum absolute atomic E-state index is 0.286. The first-order chi connectivity index (χ1) is 5.18. The maximum atomic E-state index is 10.7. The minimum atomic E-state index is -0.360. The van der Waals surface area contributed by atoms with Gasteiger partial charge in [-0.2, -0.15) is 0 Å². The number of carbonyl (C=O) groups excluding carboxylic acids is 1. The second-order valence-corrected chi connectivity index (χ2v) is 3.21. The summed E-state index contributed by atoms with van der Waals surface area (Å²) in [6.45, 7) is 6.00. The molecule has 0 unspecified atom stereocenters. The zero-order valence-electron chi connectivity index (χ0n) is 6.73. The lowest BCUT2D eigenvalue weighted by Gasteiger charge is -2.01. The lowest BCUT2D eigenvalue weighted by atomic mass is 10.3. The standard InChI is InChI=1S/C8H13BrO2/c1-3-4-5-6-11-8(10)7(2)9/h2-6H2,1H3. The molecule has 2 nitrogen and oxygen atoms in total. The third-order valence-electron chi connectivity index (χ3n) is 1.20. The van der Waals surface area contributed by atoms with E-state index < -0.39 is 0 Å². The molecule has 64 valence electrons. The van der Waals surface area contributed by atoms with Gasteiger partial charge in [0.05, 0.1) is 11.1 Å². The molecule has 0 bridgehead atoms. The highest BCUT2D eigenvalue weighted by Crippen LogP contribution is 2.04. The number of hydrogen-bond donors (Lipinski definition) is 0. The van der Waals surface area contributed by atoms with E-state index in [0.29, 0.717) is 6.61 Å². The Bertz CT molecular complexity index is 143. The Balaban J connectivity index is 3.25. The normalized spacial score (nSPS) is 9.27. The first-order valence-corrected chi connectivity index (χ1v) is 4.49. The van der Waals surface area contributed by atoms with Gasteiger partial charge in [-0.1, -0.05) is 26.3 Å². The maximum Gasteiger partial charge on any atom is 0.344 e. The molecule has 0 aliphatic heterocycles. The van der Waals surface area contributed by atoms with Crippen molar-refractivity contribution in [1.82, 2.24) is 0 Å². The molecule has 0 spiro atoms. The van der Waals surface area contributed by atoms with Gasteiger partial charge >= 0.3 is 5.97 Å². The van der Waals surface area contributed by atoms with Gasteiger partial charge in [0.2, 0.25) is 0 Å². The summed E-state index contributed by atoms with van der Waals surface area (Å²) in [6.07, 6.45) is 3.16. The summed E-state index contributed by atoms with van der Waals surface area (Å²) in [5.41, 5.74) is 0.